The Bertz CT molecular complexity index is 994. The van der Waals surface area contributed by atoms with Crippen molar-refractivity contribution >= 4 is 58.4 Å². The first-order valence-electron chi connectivity index (χ1n) is 13.6. The van der Waals surface area contributed by atoms with Gasteiger partial charge in [0.15, 0.2) is 0 Å². The summed E-state index contributed by atoms with van der Waals surface area (Å²) in [5.41, 5.74) is 24.8. The fourth-order valence-electron chi connectivity index (χ4n) is 3.20. The average Bonchev–Trinajstić information content (AvgIpc) is 2.91. The lowest BCUT2D eigenvalue weighted by atomic mass is 10.2. The summed E-state index contributed by atoms with van der Waals surface area (Å²) in [7, 11) is 0. The molecule has 0 atom stereocenters. The van der Waals surface area contributed by atoms with Crippen LogP contribution in [0.15, 0.2) is 68.5 Å². The normalized spacial score (nSPS) is 12.5. The molecule has 40 heavy (non-hydrogen) atoms. The first-order chi connectivity index (χ1) is 19.2. The van der Waals surface area contributed by atoms with Gasteiger partial charge in [-0.05, 0) is 61.4 Å². The highest BCUT2D eigenvalue weighted by molar-refractivity contribution is 6.31. The van der Waals surface area contributed by atoms with E-state index in [4.69, 9.17) is 46.1 Å². The van der Waals surface area contributed by atoms with Crippen molar-refractivity contribution in [3.05, 3.63) is 58.6 Å². The van der Waals surface area contributed by atoms with Crippen molar-refractivity contribution in [1.82, 2.24) is 0 Å². The highest BCUT2D eigenvalue weighted by Crippen LogP contribution is 2.13. The number of unbranched alkanes of at least 4 members (excludes halogenated alkanes) is 6. The summed E-state index contributed by atoms with van der Waals surface area (Å²) in [4.78, 5) is 16.5. The lowest BCUT2D eigenvalue weighted by molar-refractivity contribution is 0.653. The summed E-state index contributed by atoms with van der Waals surface area (Å²) in [5.74, 6) is 0.564. The van der Waals surface area contributed by atoms with Gasteiger partial charge in [0, 0.05) is 34.5 Å². The van der Waals surface area contributed by atoms with E-state index in [9.17, 15) is 0 Å². The molecule has 10 N–H and O–H groups in total. The Morgan fingerprint density at radius 1 is 0.575 bits per heavy atom. The van der Waals surface area contributed by atoms with Gasteiger partial charge in [-0.25, -0.2) is 0 Å². The Hall–Kier alpha value is -3.50. The second-order valence-corrected chi connectivity index (χ2v) is 9.73. The smallest absolute Gasteiger partial charge is 0.218 e. The van der Waals surface area contributed by atoms with Crippen molar-refractivity contribution in [2.24, 2.45) is 42.9 Å². The minimum absolute atomic E-state index is 0.124. The van der Waals surface area contributed by atoms with E-state index in [1.807, 2.05) is 0 Å². The molecule has 0 fully saturated rings. The van der Waals surface area contributed by atoms with Crippen molar-refractivity contribution in [3.63, 3.8) is 0 Å². The molecule has 2 aromatic rings. The van der Waals surface area contributed by atoms with Crippen LogP contribution in [0.2, 0.25) is 10.0 Å². The van der Waals surface area contributed by atoms with Crippen molar-refractivity contribution in [1.29, 1.82) is 0 Å². The van der Waals surface area contributed by atoms with E-state index < -0.39 is 0 Å². The van der Waals surface area contributed by atoms with Crippen molar-refractivity contribution < 1.29 is 0 Å². The second kappa shape index (κ2) is 21.3. The zero-order valence-corrected chi connectivity index (χ0v) is 25.1. The lowest BCUT2D eigenvalue weighted by Gasteiger charge is -2.05. The van der Waals surface area contributed by atoms with Crippen LogP contribution >= 0.6 is 23.2 Å². The Morgan fingerprint density at radius 3 is 1.25 bits per heavy atom. The van der Waals surface area contributed by atoms with Crippen molar-refractivity contribution in [3.8, 4) is 0 Å². The Balaban J connectivity index is 0.00000120. The topological polar surface area (TPSA) is 178 Å². The summed E-state index contributed by atoms with van der Waals surface area (Å²) in [5, 5.41) is 7.11. The Kier molecular flexibility index (Phi) is 18.4. The summed E-state index contributed by atoms with van der Waals surface area (Å²) < 4.78 is 0. The summed E-state index contributed by atoms with van der Waals surface area (Å²) in [6.07, 6.45) is 9.22. The molecule has 0 aliphatic rings. The number of rotatable bonds is 12. The van der Waals surface area contributed by atoms with Crippen molar-refractivity contribution in [2.45, 2.75) is 65.2 Å². The van der Waals surface area contributed by atoms with Crippen LogP contribution in [0.1, 0.15) is 65.2 Å². The fraction of sp³-hybridized carbons (Fsp3) is 0.429. The van der Waals surface area contributed by atoms with Gasteiger partial charge in [-0.1, -0.05) is 75.6 Å². The summed E-state index contributed by atoms with van der Waals surface area (Å²) >= 11 is 11.7. The summed E-state index contributed by atoms with van der Waals surface area (Å²) in [6, 6.07) is 14.1. The summed E-state index contributed by atoms with van der Waals surface area (Å²) in [6.45, 7) is 5.59. The molecule has 0 saturated carbocycles. The van der Waals surface area contributed by atoms with E-state index in [0.717, 1.165) is 37.1 Å². The maximum absolute atomic E-state index is 5.85. The highest BCUT2D eigenvalue weighted by atomic mass is 35.5. The molecule has 0 saturated heterocycles. The van der Waals surface area contributed by atoms with Gasteiger partial charge in [0.05, 0.1) is 0 Å². The number of nitrogens with one attached hydrogen (secondary N) is 2. The van der Waals surface area contributed by atoms with Crippen LogP contribution in [0.5, 0.6) is 0 Å². The number of guanidine groups is 4. The third-order valence-corrected chi connectivity index (χ3v) is 5.78. The standard InChI is InChI=1S/C22H30Cl2N10.C6H14/c23-15-5-9-17(10-6-15)31-21(27)33-19(25)29-13-3-1-2-4-14-30-20(26)34-22(28)32-18-11-7-16(24)8-12-18;1-3-5-6-4-2/h5-12H,1-4,13-14H2,(H5,25,27,29,31,33)(H5,26,28,30,32,34);3-6H2,1-2H3. The van der Waals surface area contributed by atoms with Gasteiger partial charge < -0.3 is 33.6 Å². The maximum Gasteiger partial charge on any atom is 0.218 e. The van der Waals surface area contributed by atoms with Crippen LogP contribution < -0.4 is 33.6 Å². The number of hydrogen-bond donors (Lipinski definition) is 6. The molecule has 12 heteroatoms. The molecule has 0 aliphatic heterocycles. The van der Waals surface area contributed by atoms with Gasteiger partial charge in [-0.2, -0.15) is 9.98 Å². The minimum atomic E-state index is 0.124. The van der Waals surface area contributed by atoms with Crippen LogP contribution in [0.4, 0.5) is 11.4 Å². The number of anilines is 2. The third kappa shape index (κ3) is 17.9. The molecule has 2 aromatic carbocycles. The highest BCUT2D eigenvalue weighted by Gasteiger charge is 1.99. The predicted molar refractivity (Wildman–Crippen MR) is 175 cm³/mol. The SMILES string of the molecule is CCCCCC.NC(=NCCCCCCN=C(N)N=C(N)Nc1ccc(Cl)cc1)N=C(N)Nc1ccc(Cl)cc1. The Labute approximate surface area is 248 Å². The van der Waals surface area contributed by atoms with E-state index >= 15 is 0 Å². The van der Waals surface area contributed by atoms with Crippen LogP contribution in [0.3, 0.4) is 0 Å². The van der Waals surface area contributed by atoms with E-state index in [1.165, 1.54) is 25.7 Å². The quantitative estimate of drug-likeness (QED) is 0.101. The van der Waals surface area contributed by atoms with Gasteiger partial charge in [0.1, 0.15) is 0 Å². The molecular weight excluding hydrogens is 547 g/mol. The van der Waals surface area contributed by atoms with Gasteiger partial charge in [-0.15, -0.1) is 0 Å². The molecule has 10 nitrogen and oxygen atoms in total. The molecule has 0 bridgehead atoms. The van der Waals surface area contributed by atoms with Crippen LogP contribution in [0, 0.1) is 0 Å². The average molecular weight is 592 g/mol. The molecular formula is C28H44Cl2N10. The van der Waals surface area contributed by atoms with Gasteiger partial charge in [0.25, 0.3) is 0 Å². The van der Waals surface area contributed by atoms with E-state index in [-0.39, 0.29) is 23.8 Å². The molecule has 220 valence electrons. The molecule has 0 amide bonds. The van der Waals surface area contributed by atoms with Crippen LogP contribution in [-0.2, 0) is 0 Å². The molecule has 0 aliphatic carbocycles. The lowest BCUT2D eigenvalue weighted by Crippen LogP contribution is -2.26. The number of benzene rings is 2. The van der Waals surface area contributed by atoms with Crippen molar-refractivity contribution in [2.75, 3.05) is 23.7 Å². The first-order valence-corrected chi connectivity index (χ1v) is 14.3. The number of aliphatic imine (C=N–C) groups is 4. The Morgan fingerprint density at radius 2 is 0.925 bits per heavy atom. The molecule has 0 unspecified atom stereocenters. The fourth-order valence-corrected chi connectivity index (χ4v) is 3.45. The first kappa shape index (κ1) is 34.5. The maximum atomic E-state index is 5.85. The monoisotopic (exact) mass is 590 g/mol. The van der Waals surface area contributed by atoms with Gasteiger partial charge in [-0.3, -0.25) is 9.98 Å². The molecule has 0 aromatic heterocycles. The zero-order chi connectivity index (χ0) is 29.6. The van der Waals surface area contributed by atoms with E-state index in [2.05, 4.69) is 44.5 Å². The van der Waals surface area contributed by atoms with Crippen LogP contribution in [0.25, 0.3) is 0 Å². The van der Waals surface area contributed by atoms with E-state index in [1.54, 1.807) is 48.5 Å². The minimum Gasteiger partial charge on any atom is -0.369 e. The van der Waals surface area contributed by atoms with Gasteiger partial charge >= 0.3 is 0 Å². The van der Waals surface area contributed by atoms with Crippen LogP contribution in [-0.4, -0.2) is 36.9 Å². The number of hydrogen-bond acceptors (Lipinski definition) is 2. The predicted octanol–water partition coefficient (Wildman–Crippen LogP) is 5.92. The van der Waals surface area contributed by atoms with E-state index in [0.29, 0.717) is 23.1 Å². The number of nitrogens with zero attached hydrogens (tertiary/aromatic N) is 4. The largest absolute Gasteiger partial charge is 0.369 e. The van der Waals surface area contributed by atoms with Gasteiger partial charge in [0.2, 0.25) is 23.8 Å². The third-order valence-electron chi connectivity index (χ3n) is 5.27. The second-order valence-electron chi connectivity index (χ2n) is 8.86. The molecule has 2 rings (SSSR count). The number of halogens is 2. The zero-order valence-electron chi connectivity index (χ0n) is 23.5. The number of nitrogens with two attached hydrogens (primary N) is 4. The molecule has 0 heterocycles. The molecule has 0 radical (unpaired) electrons. The molecule has 0 spiro atoms.